The van der Waals surface area contributed by atoms with Crippen molar-refractivity contribution >= 4 is 34.3 Å². The van der Waals surface area contributed by atoms with Gasteiger partial charge in [0.15, 0.2) is 0 Å². The average molecular weight is 364 g/mol. The number of aliphatic hydroxyl groups excluding tert-OH is 1. The number of rotatable bonds is 7. The fourth-order valence-electron chi connectivity index (χ4n) is 2.79. The summed E-state index contributed by atoms with van der Waals surface area (Å²) in [6.07, 6.45) is 0.749. The lowest BCUT2D eigenvalue weighted by Gasteiger charge is -2.24. The van der Waals surface area contributed by atoms with Crippen molar-refractivity contribution in [3.8, 4) is 0 Å². The van der Waals surface area contributed by atoms with Gasteiger partial charge < -0.3 is 5.11 Å². The van der Waals surface area contributed by atoms with Crippen LogP contribution in [-0.2, 0) is 4.79 Å². The maximum atomic E-state index is 12.8. The van der Waals surface area contributed by atoms with Gasteiger partial charge in [-0.3, -0.25) is 9.69 Å². The Morgan fingerprint density at radius 1 is 1.38 bits per heavy atom. The molecule has 7 heteroatoms. The molecule has 3 heterocycles. The second-order valence-electron chi connectivity index (χ2n) is 5.59. The van der Waals surface area contributed by atoms with Gasteiger partial charge in [0.05, 0.1) is 29.8 Å². The number of hydrazone groups is 1. The van der Waals surface area contributed by atoms with Crippen molar-refractivity contribution < 1.29 is 9.90 Å². The first-order valence-electron chi connectivity index (χ1n) is 8.03. The van der Waals surface area contributed by atoms with E-state index in [9.17, 15) is 4.79 Å². The van der Waals surface area contributed by atoms with Gasteiger partial charge in [0.25, 0.3) is 5.91 Å². The van der Waals surface area contributed by atoms with Gasteiger partial charge in [0.2, 0.25) is 0 Å². The van der Waals surface area contributed by atoms with Crippen molar-refractivity contribution in [2.75, 3.05) is 26.2 Å². The van der Waals surface area contributed by atoms with E-state index in [1.54, 1.807) is 27.7 Å². The zero-order valence-electron chi connectivity index (χ0n) is 13.6. The second-order valence-corrected chi connectivity index (χ2v) is 7.52. The van der Waals surface area contributed by atoms with Gasteiger partial charge in [-0.1, -0.05) is 19.1 Å². The third kappa shape index (κ3) is 3.75. The molecule has 1 aliphatic heterocycles. The van der Waals surface area contributed by atoms with Crippen LogP contribution in [0.15, 0.2) is 40.1 Å². The highest BCUT2D eigenvalue weighted by Gasteiger charge is 2.34. The van der Waals surface area contributed by atoms with E-state index in [2.05, 4.69) is 11.2 Å². The summed E-state index contributed by atoms with van der Waals surface area (Å²) in [6, 6.07) is 8.10. The molecule has 1 N–H and O–H groups in total. The maximum Gasteiger partial charge on any atom is 0.257 e. The summed E-state index contributed by atoms with van der Waals surface area (Å²) in [5.41, 5.74) is 0.974. The van der Waals surface area contributed by atoms with Crippen molar-refractivity contribution in [3.63, 3.8) is 0 Å². The summed E-state index contributed by atoms with van der Waals surface area (Å²) in [4.78, 5) is 17.0. The Labute approximate surface area is 149 Å². The normalized spacial score (nSPS) is 17.5. The lowest BCUT2D eigenvalue weighted by Crippen LogP contribution is -2.39. The third-order valence-electron chi connectivity index (χ3n) is 4.07. The van der Waals surface area contributed by atoms with Crippen LogP contribution in [0.25, 0.3) is 0 Å². The van der Waals surface area contributed by atoms with E-state index in [0.29, 0.717) is 6.54 Å². The van der Waals surface area contributed by atoms with Crippen molar-refractivity contribution in [3.05, 3.63) is 44.8 Å². The van der Waals surface area contributed by atoms with Gasteiger partial charge in [-0.2, -0.15) is 5.10 Å². The van der Waals surface area contributed by atoms with Crippen LogP contribution in [-0.4, -0.2) is 52.9 Å². The number of nitrogens with zero attached hydrogens (tertiary/aromatic N) is 3. The smallest absolute Gasteiger partial charge is 0.257 e. The number of hydrogen-bond acceptors (Lipinski definition) is 6. The monoisotopic (exact) mass is 363 g/mol. The molecule has 2 aromatic rings. The van der Waals surface area contributed by atoms with Crippen molar-refractivity contribution in [2.24, 2.45) is 5.10 Å². The molecule has 0 aliphatic carbocycles. The fraction of sp³-hybridized carbons (Fsp3) is 0.412. The highest BCUT2D eigenvalue weighted by atomic mass is 32.1. The van der Waals surface area contributed by atoms with Crippen LogP contribution < -0.4 is 0 Å². The molecule has 1 unspecified atom stereocenters. The highest BCUT2D eigenvalue weighted by molar-refractivity contribution is 7.12. The van der Waals surface area contributed by atoms with E-state index in [4.69, 9.17) is 5.11 Å². The zero-order chi connectivity index (χ0) is 16.9. The lowest BCUT2D eigenvalue weighted by molar-refractivity contribution is -0.134. The zero-order valence-corrected chi connectivity index (χ0v) is 15.2. The Hall–Kier alpha value is -1.54. The molecule has 3 rings (SSSR count). The predicted octanol–water partition coefficient (Wildman–Crippen LogP) is 2.80. The van der Waals surface area contributed by atoms with Gasteiger partial charge in [-0.05, 0) is 29.4 Å². The number of carbonyl (C=O) groups excluding carboxylic acids is 1. The van der Waals surface area contributed by atoms with Crippen LogP contribution in [0.3, 0.4) is 0 Å². The molecule has 24 heavy (non-hydrogen) atoms. The SMILES string of the molecule is CCN(CCO)CC(=O)N1N=C(c2cccs2)CC1c1cccs1. The van der Waals surface area contributed by atoms with Crippen LogP contribution in [0.5, 0.6) is 0 Å². The van der Waals surface area contributed by atoms with Crippen LogP contribution in [0.2, 0.25) is 0 Å². The molecule has 2 aromatic heterocycles. The van der Waals surface area contributed by atoms with Gasteiger partial charge in [-0.25, -0.2) is 5.01 Å². The quantitative estimate of drug-likeness (QED) is 0.823. The molecule has 128 valence electrons. The molecule has 1 aliphatic rings. The number of amides is 1. The van der Waals surface area contributed by atoms with Gasteiger partial charge >= 0.3 is 0 Å². The third-order valence-corrected chi connectivity index (χ3v) is 5.96. The maximum absolute atomic E-state index is 12.8. The topological polar surface area (TPSA) is 56.1 Å². The van der Waals surface area contributed by atoms with Crippen molar-refractivity contribution in [2.45, 2.75) is 19.4 Å². The lowest BCUT2D eigenvalue weighted by atomic mass is 10.1. The van der Waals surface area contributed by atoms with Crippen molar-refractivity contribution in [1.29, 1.82) is 0 Å². The minimum absolute atomic E-state index is 0.0183. The average Bonchev–Trinajstić information content (AvgIpc) is 3.33. The summed E-state index contributed by atoms with van der Waals surface area (Å²) < 4.78 is 0. The van der Waals surface area contributed by atoms with Crippen molar-refractivity contribution in [1.82, 2.24) is 9.91 Å². The summed E-state index contributed by atoms with van der Waals surface area (Å²) in [7, 11) is 0. The van der Waals surface area contributed by atoms with Gasteiger partial charge in [-0.15, -0.1) is 22.7 Å². The Morgan fingerprint density at radius 2 is 2.17 bits per heavy atom. The molecule has 0 fully saturated rings. The largest absolute Gasteiger partial charge is 0.395 e. The molecular formula is C17H21N3O2S2. The van der Waals surface area contributed by atoms with Crippen LogP contribution in [0.1, 0.15) is 29.1 Å². The molecule has 1 amide bonds. The van der Waals surface area contributed by atoms with Crippen LogP contribution in [0, 0.1) is 0 Å². The van der Waals surface area contributed by atoms with E-state index in [-0.39, 0.29) is 25.1 Å². The van der Waals surface area contributed by atoms with E-state index >= 15 is 0 Å². The van der Waals surface area contributed by atoms with E-state index in [1.807, 2.05) is 40.8 Å². The summed E-state index contributed by atoms with van der Waals surface area (Å²) in [5.74, 6) is -0.0183. The Morgan fingerprint density at radius 3 is 2.79 bits per heavy atom. The summed E-state index contributed by atoms with van der Waals surface area (Å²) in [5, 5.41) is 19.5. The number of likely N-dealkylation sites (N-methyl/N-ethyl adjacent to an activating group) is 1. The molecule has 0 saturated heterocycles. The number of hydrogen-bond donors (Lipinski definition) is 1. The molecule has 0 spiro atoms. The first-order chi connectivity index (χ1) is 11.7. The fourth-order valence-corrected chi connectivity index (χ4v) is 4.32. The van der Waals surface area contributed by atoms with Crippen LogP contribution >= 0.6 is 22.7 Å². The number of aliphatic hydroxyl groups is 1. The molecule has 0 aromatic carbocycles. The minimum atomic E-state index is -0.0255. The van der Waals surface area contributed by atoms with Gasteiger partial charge in [0, 0.05) is 17.8 Å². The first kappa shape index (κ1) is 17.3. The second kappa shape index (κ2) is 8.02. The Balaban J connectivity index is 1.81. The standard InChI is InChI=1S/C17H21N3O2S2/c1-2-19(7-8-21)12-17(22)20-14(16-6-4-10-24-16)11-13(18-20)15-5-3-9-23-15/h3-6,9-10,14,21H,2,7-8,11-12H2,1H3. The number of thiophene rings is 2. The molecule has 5 nitrogen and oxygen atoms in total. The molecular weight excluding hydrogens is 342 g/mol. The predicted molar refractivity (Wildman–Crippen MR) is 98.6 cm³/mol. The Kier molecular flexibility index (Phi) is 5.78. The summed E-state index contributed by atoms with van der Waals surface area (Å²) in [6.45, 7) is 3.55. The van der Waals surface area contributed by atoms with Gasteiger partial charge in [0.1, 0.15) is 0 Å². The Bertz CT molecular complexity index is 683. The highest BCUT2D eigenvalue weighted by Crippen LogP contribution is 2.35. The van der Waals surface area contributed by atoms with Crippen LogP contribution in [0.4, 0.5) is 0 Å². The number of carbonyl (C=O) groups is 1. The summed E-state index contributed by atoms with van der Waals surface area (Å²) >= 11 is 3.31. The molecule has 1 atom stereocenters. The molecule has 0 radical (unpaired) electrons. The minimum Gasteiger partial charge on any atom is -0.395 e. The van der Waals surface area contributed by atoms with E-state index in [1.165, 1.54) is 0 Å². The molecule has 0 bridgehead atoms. The van der Waals surface area contributed by atoms with E-state index in [0.717, 1.165) is 28.4 Å². The van der Waals surface area contributed by atoms with E-state index < -0.39 is 0 Å². The molecule has 0 saturated carbocycles. The first-order valence-corrected chi connectivity index (χ1v) is 9.79.